The minimum Gasteiger partial charge on any atom is -0.444 e. The molecule has 0 fully saturated rings. The van der Waals surface area contributed by atoms with Gasteiger partial charge >= 0.3 is 6.09 Å². The summed E-state index contributed by atoms with van der Waals surface area (Å²) < 4.78 is 38.8. The van der Waals surface area contributed by atoms with Gasteiger partial charge in [0.05, 0.1) is 52.9 Å². The van der Waals surface area contributed by atoms with Gasteiger partial charge in [-0.1, -0.05) is 18.6 Å². The van der Waals surface area contributed by atoms with Crippen LogP contribution in [0.2, 0.25) is 0 Å². The number of imide groups is 1. The van der Waals surface area contributed by atoms with Gasteiger partial charge in [0.15, 0.2) is 0 Å². The molecule has 0 bridgehead atoms. The van der Waals surface area contributed by atoms with Crippen molar-refractivity contribution in [2.75, 3.05) is 125 Å². The molecule has 9 N–H and O–H groups in total. The molecule has 512 valence electrons. The van der Waals surface area contributed by atoms with Gasteiger partial charge in [-0.25, -0.2) is 4.79 Å². The lowest BCUT2D eigenvalue weighted by molar-refractivity contribution is -0.137. The van der Waals surface area contributed by atoms with E-state index in [9.17, 15) is 47.9 Å². The van der Waals surface area contributed by atoms with Crippen molar-refractivity contribution < 1.29 is 81.1 Å². The molecule has 1 aliphatic carbocycles. The van der Waals surface area contributed by atoms with E-state index in [0.29, 0.717) is 202 Å². The number of rotatable bonds is 56. The summed E-state index contributed by atoms with van der Waals surface area (Å²) in [5.41, 5.74) is 2.15. The number of carbonyl (C=O) groups excluding carboxylic acids is 10. The van der Waals surface area contributed by atoms with Crippen LogP contribution in [0.4, 0.5) is 4.79 Å². The van der Waals surface area contributed by atoms with Crippen molar-refractivity contribution >= 4 is 66.0 Å². The van der Waals surface area contributed by atoms with Crippen molar-refractivity contribution in [3.05, 3.63) is 24.3 Å². The van der Waals surface area contributed by atoms with Crippen LogP contribution in [0, 0.1) is 0 Å². The predicted octanol–water partition coefficient (Wildman–Crippen LogP) is 2.42. The van der Waals surface area contributed by atoms with Crippen molar-refractivity contribution in [3.63, 3.8) is 0 Å². The van der Waals surface area contributed by atoms with Gasteiger partial charge in [0.25, 0.3) is 11.8 Å². The third-order valence-corrected chi connectivity index (χ3v) is 13.6. The number of ether oxygens (including phenoxy) is 7. The van der Waals surface area contributed by atoms with Crippen molar-refractivity contribution in [2.45, 2.75) is 179 Å². The van der Waals surface area contributed by atoms with E-state index in [2.05, 4.69) is 71.9 Å². The summed E-state index contributed by atoms with van der Waals surface area (Å²) >= 11 is 0. The monoisotopic (exact) mass is 1280 g/mol. The Hall–Kier alpha value is -6.59. The largest absolute Gasteiger partial charge is 0.444 e. The average Bonchev–Trinajstić information content (AvgIpc) is 4.03. The Morgan fingerprint density at radius 1 is 0.500 bits per heavy atom. The Balaban J connectivity index is 1.50. The summed E-state index contributed by atoms with van der Waals surface area (Å²) in [6, 6.07) is -1.51. The normalized spacial score (nSPS) is 14.3. The highest BCUT2D eigenvalue weighted by Gasteiger charge is 2.25. The van der Waals surface area contributed by atoms with E-state index in [1.807, 2.05) is 0 Å². The number of amides is 10. The first kappa shape index (κ1) is 79.5. The fourth-order valence-corrected chi connectivity index (χ4v) is 8.81. The first-order valence-electron chi connectivity index (χ1n) is 32.2. The predicted molar refractivity (Wildman–Crippen MR) is 336 cm³/mol. The second kappa shape index (κ2) is 52.1. The second-order valence-corrected chi connectivity index (χ2v) is 22.6. The zero-order valence-corrected chi connectivity index (χ0v) is 53.9. The molecule has 0 radical (unpaired) electrons. The maximum atomic E-state index is 13.3. The van der Waals surface area contributed by atoms with Gasteiger partial charge in [0.2, 0.25) is 41.4 Å². The second-order valence-electron chi connectivity index (χ2n) is 22.6. The Morgan fingerprint density at radius 3 is 1.40 bits per heavy atom. The fraction of sp³-hybridized carbons (Fsp3) is 0.758. The third-order valence-electron chi connectivity index (χ3n) is 13.6. The molecule has 0 saturated heterocycles. The number of hydrogen-bond donors (Lipinski definition) is 9. The van der Waals surface area contributed by atoms with Crippen LogP contribution in [0.1, 0.15) is 156 Å². The summed E-state index contributed by atoms with van der Waals surface area (Å²) in [6.07, 6.45) is 16.4. The van der Waals surface area contributed by atoms with Crippen LogP contribution in [0.15, 0.2) is 29.4 Å². The van der Waals surface area contributed by atoms with Gasteiger partial charge in [-0.15, -0.1) is 0 Å². The SMILES string of the molecule is C=NNCCCCC(NC(=O)CCC(=O)NCCCOCCOCCOCCCNC(=O)C(CCCCNC(=O)OC(C)(C)C)NC(=O)CCC(=O)NCCCOCCOCCOCCCNC(=O)CCCCCN1C(=O)C=CC1=O)C(=O)NC1CC=CCC1. The molecule has 0 aromatic carbocycles. The Labute approximate surface area is 532 Å². The summed E-state index contributed by atoms with van der Waals surface area (Å²) in [6.45, 7) is 16.0. The highest BCUT2D eigenvalue weighted by atomic mass is 16.6. The average molecular weight is 1280 g/mol. The minimum absolute atomic E-state index is 0.00521. The number of nitrogens with one attached hydrogen (secondary N) is 9. The molecule has 28 nitrogen and oxygen atoms in total. The molecular weight excluding hydrogens is 1170 g/mol. The Morgan fingerprint density at radius 2 is 0.933 bits per heavy atom. The van der Waals surface area contributed by atoms with E-state index in [-0.39, 0.29) is 79.0 Å². The number of allylic oxidation sites excluding steroid dienone is 1. The van der Waals surface area contributed by atoms with E-state index in [1.165, 1.54) is 17.1 Å². The number of hydrogen-bond acceptors (Lipinski definition) is 19. The van der Waals surface area contributed by atoms with Crippen LogP contribution in [-0.2, 0) is 76.3 Å². The van der Waals surface area contributed by atoms with Crippen molar-refractivity contribution in [1.29, 1.82) is 0 Å². The molecule has 90 heavy (non-hydrogen) atoms. The van der Waals surface area contributed by atoms with E-state index in [4.69, 9.17) is 33.2 Å². The Kier molecular flexibility index (Phi) is 46.0. The molecule has 2 rings (SSSR count). The molecule has 0 aromatic rings. The van der Waals surface area contributed by atoms with Crippen LogP contribution in [-0.4, -0.2) is 220 Å². The van der Waals surface area contributed by atoms with Crippen LogP contribution >= 0.6 is 0 Å². The van der Waals surface area contributed by atoms with Gasteiger partial charge < -0.3 is 81.1 Å². The molecular formula is C62H107N11O17. The lowest BCUT2D eigenvalue weighted by Crippen LogP contribution is -2.49. The molecule has 2 aliphatic rings. The van der Waals surface area contributed by atoms with E-state index in [0.717, 1.165) is 32.1 Å². The van der Waals surface area contributed by atoms with E-state index in [1.54, 1.807) is 20.8 Å². The number of nitrogens with zero attached hydrogens (tertiary/aromatic N) is 2. The first-order valence-corrected chi connectivity index (χ1v) is 32.2. The summed E-state index contributed by atoms with van der Waals surface area (Å²) in [7, 11) is 0. The lowest BCUT2D eigenvalue weighted by Gasteiger charge is -2.24. The topological polar surface area (TPSA) is 359 Å². The number of unbranched alkanes of at least 4 members (excludes halogenated alkanes) is 4. The Bertz CT molecular complexity index is 2150. The summed E-state index contributed by atoms with van der Waals surface area (Å²) in [4.78, 5) is 125. The maximum absolute atomic E-state index is 13.3. The maximum Gasteiger partial charge on any atom is 0.407 e. The summed E-state index contributed by atoms with van der Waals surface area (Å²) in [5, 5.41) is 26.2. The standard InChI is InChI=1S/C62H107N11O17/c1-62(2,3)90-61(83)68-30-12-10-21-50(71-55(77)26-24-53(75)65-32-16-38-85-42-46-88-45-41-84-37-15-31-64-52(74)23-9-6-14-36-73-57(79)28-29-58(73)80)59(81)67-34-18-40-87-44-48-89-47-43-86-39-17-33-66-54(76)25-27-56(78)72-51(22-11-13-35-69-63-4)60(82)70-49-19-7-5-8-20-49/h5,7,28-29,49-51,69H,4,6,8-27,30-48H2,1-3H3,(H,64,74)(H,65,75)(H,66,76)(H,67,81)(H,68,83)(H,70,82)(H,71,77)(H,72,78). The molecule has 0 saturated carbocycles. The van der Waals surface area contributed by atoms with Crippen LogP contribution < -0.4 is 48.0 Å². The van der Waals surface area contributed by atoms with Gasteiger partial charge in [0, 0.05) is 129 Å². The molecule has 3 atom stereocenters. The number of carbonyl (C=O) groups is 10. The van der Waals surface area contributed by atoms with Crippen molar-refractivity contribution in [2.24, 2.45) is 5.10 Å². The van der Waals surface area contributed by atoms with Crippen molar-refractivity contribution in [1.82, 2.24) is 52.9 Å². The number of hydrazone groups is 1. The first-order chi connectivity index (χ1) is 43.5. The smallest absolute Gasteiger partial charge is 0.407 e. The van der Waals surface area contributed by atoms with Gasteiger partial charge in [-0.3, -0.25) is 48.1 Å². The molecule has 10 amide bonds. The highest BCUT2D eigenvalue weighted by Crippen LogP contribution is 2.13. The van der Waals surface area contributed by atoms with Crippen LogP contribution in [0.25, 0.3) is 0 Å². The van der Waals surface area contributed by atoms with Crippen molar-refractivity contribution in [3.8, 4) is 0 Å². The molecule has 1 heterocycles. The van der Waals surface area contributed by atoms with Crippen LogP contribution in [0.3, 0.4) is 0 Å². The lowest BCUT2D eigenvalue weighted by atomic mass is 10.0. The van der Waals surface area contributed by atoms with Gasteiger partial charge in [0.1, 0.15) is 17.7 Å². The molecule has 28 heteroatoms. The van der Waals surface area contributed by atoms with Crippen LogP contribution in [0.5, 0.6) is 0 Å². The quantitative estimate of drug-likeness (QED) is 0.0139. The zero-order chi connectivity index (χ0) is 65.7. The van der Waals surface area contributed by atoms with E-state index >= 15 is 0 Å². The molecule has 3 unspecified atom stereocenters. The minimum atomic E-state index is -0.861. The fourth-order valence-electron chi connectivity index (χ4n) is 8.81. The molecule has 0 aromatic heterocycles. The highest BCUT2D eigenvalue weighted by molar-refractivity contribution is 6.12. The zero-order valence-electron chi connectivity index (χ0n) is 53.9. The van der Waals surface area contributed by atoms with Gasteiger partial charge in [-0.05, 0) is 117 Å². The summed E-state index contributed by atoms with van der Waals surface area (Å²) in [5.74, 6) is -2.60. The van der Waals surface area contributed by atoms with E-state index < -0.39 is 29.7 Å². The van der Waals surface area contributed by atoms with Gasteiger partial charge in [-0.2, -0.15) is 5.10 Å². The molecule has 0 spiro atoms. The third kappa shape index (κ3) is 44.8. The molecule has 1 aliphatic heterocycles. The number of alkyl carbamates (subject to hydrolysis) is 1.